The van der Waals surface area contributed by atoms with Crippen LogP contribution >= 0.6 is 0 Å². The van der Waals surface area contributed by atoms with Crippen LogP contribution in [0, 0.1) is 0 Å². The van der Waals surface area contributed by atoms with Crippen LogP contribution in [0.3, 0.4) is 0 Å². The average Bonchev–Trinajstić information content (AvgIpc) is 2.31. The Morgan fingerprint density at radius 2 is 1.22 bits per heavy atom. The van der Waals surface area contributed by atoms with Gasteiger partial charge in [0.15, 0.2) is 0 Å². The Kier molecular flexibility index (Phi) is 5.06. The SMILES string of the molecule is CC1OC(=O)/C=C/[C@H](O)[C@@H](C)OC(=O)/C=C\[C@@H]1O. The number of hydrogen-bond donors (Lipinski definition) is 2. The molecule has 6 heteroatoms. The smallest absolute Gasteiger partial charge is 0.330 e. The molecule has 6 nitrogen and oxygen atoms in total. The lowest BCUT2D eigenvalue weighted by Crippen LogP contribution is -2.29. The van der Waals surface area contributed by atoms with E-state index in [2.05, 4.69) is 0 Å². The van der Waals surface area contributed by atoms with E-state index in [0.717, 1.165) is 12.2 Å². The van der Waals surface area contributed by atoms with Gasteiger partial charge in [0.2, 0.25) is 0 Å². The van der Waals surface area contributed by atoms with Gasteiger partial charge in [-0.1, -0.05) is 0 Å². The van der Waals surface area contributed by atoms with Crippen molar-refractivity contribution in [2.75, 3.05) is 0 Å². The third-order valence-electron chi connectivity index (χ3n) is 2.42. The van der Waals surface area contributed by atoms with Crippen molar-refractivity contribution in [3.63, 3.8) is 0 Å². The van der Waals surface area contributed by atoms with Crippen molar-refractivity contribution in [1.82, 2.24) is 0 Å². The number of aliphatic hydroxyl groups excluding tert-OH is 2. The molecule has 0 aliphatic carbocycles. The molecule has 1 rings (SSSR count). The lowest BCUT2D eigenvalue weighted by molar-refractivity contribution is -0.147. The van der Waals surface area contributed by atoms with E-state index < -0.39 is 36.4 Å². The first-order valence-corrected chi connectivity index (χ1v) is 5.54. The van der Waals surface area contributed by atoms with Crippen LogP contribution in [0.4, 0.5) is 0 Å². The second kappa shape index (κ2) is 6.32. The summed E-state index contributed by atoms with van der Waals surface area (Å²) in [7, 11) is 0. The highest BCUT2D eigenvalue weighted by Crippen LogP contribution is 2.07. The van der Waals surface area contributed by atoms with Crippen molar-refractivity contribution in [2.24, 2.45) is 0 Å². The van der Waals surface area contributed by atoms with Gasteiger partial charge in [-0.2, -0.15) is 0 Å². The molecule has 0 bridgehead atoms. The first-order valence-electron chi connectivity index (χ1n) is 5.54. The van der Waals surface area contributed by atoms with Gasteiger partial charge in [0.25, 0.3) is 0 Å². The Labute approximate surface area is 105 Å². The Balaban J connectivity index is 2.87. The molecule has 0 fully saturated rings. The molecule has 0 amide bonds. The second-order valence-electron chi connectivity index (χ2n) is 3.98. The zero-order valence-corrected chi connectivity index (χ0v) is 10.1. The van der Waals surface area contributed by atoms with Gasteiger partial charge in [-0.15, -0.1) is 0 Å². The van der Waals surface area contributed by atoms with Gasteiger partial charge in [-0.05, 0) is 26.0 Å². The summed E-state index contributed by atoms with van der Waals surface area (Å²) in [5.74, 6) is -1.37. The lowest BCUT2D eigenvalue weighted by atomic mass is 10.2. The molecule has 1 aliphatic heterocycles. The standard InChI is InChI=1S/C12H16O6/c1-7-9(13)3-5-12(16)18-8(2)10(14)4-6-11(15)17-7/h3-10,13-14H,1-2H3/b5-3-,6-4+/t7?,8-,9+,10+/m1/s1. The van der Waals surface area contributed by atoms with Gasteiger partial charge < -0.3 is 19.7 Å². The van der Waals surface area contributed by atoms with Gasteiger partial charge in [-0.3, -0.25) is 0 Å². The van der Waals surface area contributed by atoms with E-state index in [1.807, 2.05) is 0 Å². The molecule has 0 saturated carbocycles. The third-order valence-corrected chi connectivity index (χ3v) is 2.42. The first-order chi connectivity index (χ1) is 8.40. The van der Waals surface area contributed by atoms with Crippen molar-refractivity contribution in [3.8, 4) is 0 Å². The minimum atomic E-state index is -1.10. The van der Waals surface area contributed by atoms with E-state index >= 15 is 0 Å². The minimum absolute atomic E-state index is 0.687. The molecule has 0 aromatic heterocycles. The van der Waals surface area contributed by atoms with E-state index in [0.29, 0.717) is 0 Å². The molecule has 2 N–H and O–H groups in total. The second-order valence-corrected chi connectivity index (χ2v) is 3.98. The molecule has 0 spiro atoms. The molecular weight excluding hydrogens is 240 g/mol. The summed E-state index contributed by atoms with van der Waals surface area (Å²) in [6, 6.07) is 0. The zero-order chi connectivity index (χ0) is 13.7. The van der Waals surface area contributed by atoms with Gasteiger partial charge in [0.1, 0.15) is 24.4 Å². The molecule has 0 radical (unpaired) electrons. The molecular formula is C12H16O6. The van der Waals surface area contributed by atoms with Crippen molar-refractivity contribution < 1.29 is 29.3 Å². The number of ether oxygens (including phenoxy) is 2. The summed E-state index contributed by atoms with van der Waals surface area (Å²) >= 11 is 0. The fourth-order valence-corrected chi connectivity index (χ4v) is 1.25. The number of rotatable bonds is 0. The maximum atomic E-state index is 11.3. The number of carbonyl (C=O) groups is 2. The van der Waals surface area contributed by atoms with E-state index in [4.69, 9.17) is 9.47 Å². The van der Waals surface area contributed by atoms with Crippen LogP contribution in [0.25, 0.3) is 0 Å². The summed E-state index contributed by atoms with van der Waals surface area (Å²) < 4.78 is 9.73. The van der Waals surface area contributed by atoms with Crippen LogP contribution in [-0.2, 0) is 19.1 Å². The summed E-state index contributed by atoms with van der Waals surface area (Å²) in [6.45, 7) is 2.97. The molecule has 1 aliphatic rings. The van der Waals surface area contributed by atoms with Gasteiger partial charge in [-0.25, -0.2) is 9.59 Å². The fourth-order valence-electron chi connectivity index (χ4n) is 1.25. The van der Waals surface area contributed by atoms with Gasteiger partial charge >= 0.3 is 11.9 Å². The van der Waals surface area contributed by atoms with Crippen molar-refractivity contribution in [2.45, 2.75) is 38.3 Å². The predicted molar refractivity (Wildman–Crippen MR) is 61.4 cm³/mol. The number of esters is 2. The maximum absolute atomic E-state index is 11.3. The topological polar surface area (TPSA) is 93.1 Å². The van der Waals surface area contributed by atoms with Crippen LogP contribution in [0.5, 0.6) is 0 Å². The largest absolute Gasteiger partial charge is 0.456 e. The Morgan fingerprint density at radius 3 is 1.56 bits per heavy atom. The summed E-state index contributed by atoms with van der Waals surface area (Å²) in [4.78, 5) is 22.6. The summed E-state index contributed by atoms with van der Waals surface area (Å²) in [5.41, 5.74) is 0. The molecule has 0 aromatic carbocycles. The number of hydrogen-bond acceptors (Lipinski definition) is 6. The molecule has 1 heterocycles. The zero-order valence-electron chi connectivity index (χ0n) is 10.1. The van der Waals surface area contributed by atoms with Crippen molar-refractivity contribution >= 4 is 11.9 Å². The molecule has 0 aromatic rings. The van der Waals surface area contributed by atoms with Crippen molar-refractivity contribution in [1.29, 1.82) is 0 Å². The first kappa shape index (κ1) is 14.4. The molecule has 1 unspecified atom stereocenters. The highest BCUT2D eigenvalue weighted by molar-refractivity contribution is 5.83. The van der Waals surface area contributed by atoms with Crippen LogP contribution in [0.2, 0.25) is 0 Å². The quantitative estimate of drug-likeness (QED) is 0.578. The number of aliphatic hydroxyl groups is 2. The fraction of sp³-hybridized carbons (Fsp3) is 0.500. The van der Waals surface area contributed by atoms with E-state index in [9.17, 15) is 19.8 Å². The minimum Gasteiger partial charge on any atom is -0.456 e. The predicted octanol–water partition coefficient (Wildman–Crippen LogP) is -0.302. The highest BCUT2D eigenvalue weighted by Gasteiger charge is 2.19. The van der Waals surface area contributed by atoms with Crippen LogP contribution in [-0.4, -0.2) is 46.6 Å². The van der Waals surface area contributed by atoms with Crippen molar-refractivity contribution in [3.05, 3.63) is 24.3 Å². The van der Waals surface area contributed by atoms with Crippen LogP contribution < -0.4 is 0 Å². The lowest BCUT2D eigenvalue weighted by Gasteiger charge is -2.18. The maximum Gasteiger partial charge on any atom is 0.330 e. The van der Waals surface area contributed by atoms with E-state index in [-0.39, 0.29) is 0 Å². The number of cyclic esters (lactones) is 2. The van der Waals surface area contributed by atoms with Crippen LogP contribution in [0.1, 0.15) is 13.8 Å². The Bertz CT molecular complexity index is 337. The Hall–Kier alpha value is -1.66. The van der Waals surface area contributed by atoms with Gasteiger partial charge in [0, 0.05) is 12.2 Å². The molecule has 18 heavy (non-hydrogen) atoms. The van der Waals surface area contributed by atoms with E-state index in [1.165, 1.54) is 26.0 Å². The number of carbonyl (C=O) groups excluding carboxylic acids is 2. The molecule has 4 atom stereocenters. The highest BCUT2D eigenvalue weighted by atomic mass is 16.6. The average molecular weight is 256 g/mol. The Morgan fingerprint density at radius 1 is 0.889 bits per heavy atom. The monoisotopic (exact) mass is 256 g/mol. The van der Waals surface area contributed by atoms with Crippen LogP contribution in [0.15, 0.2) is 24.3 Å². The molecule has 100 valence electrons. The van der Waals surface area contributed by atoms with Gasteiger partial charge in [0.05, 0.1) is 0 Å². The summed E-state index contributed by atoms with van der Waals surface area (Å²) in [5, 5.41) is 19.1. The third kappa shape index (κ3) is 4.31. The normalized spacial score (nSPS) is 37.8. The summed E-state index contributed by atoms with van der Waals surface area (Å²) in [6.07, 6.45) is 0.590. The molecule has 0 saturated heterocycles. The van der Waals surface area contributed by atoms with E-state index in [1.54, 1.807) is 0 Å².